The van der Waals surface area contributed by atoms with Gasteiger partial charge in [0, 0.05) is 109 Å². The minimum atomic E-state index is -0.684. The van der Waals surface area contributed by atoms with Crippen LogP contribution in [0.4, 0.5) is 25.8 Å². The molecule has 0 saturated carbocycles. The zero-order valence-electron chi connectivity index (χ0n) is 35.4. The summed E-state index contributed by atoms with van der Waals surface area (Å²) >= 11 is 1.25. The molecule has 1 atom stereocenters. The Morgan fingerprint density at radius 2 is 1.66 bits per heavy atom. The van der Waals surface area contributed by atoms with Gasteiger partial charge < -0.3 is 30.1 Å². The van der Waals surface area contributed by atoms with Crippen molar-refractivity contribution in [2.75, 3.05) is 74.3 Å². The molecule has 3 saturated heterocycles. The summed E-state index contributed by atoms with van der Waals surface area (Å²) in [4.78, 5) is 15.3. The number of pyridine rings is 1. The highest BCUT2D eigenvalue weighted by Crippen LogP contribution is 2.36. The number of rotatable bonds is 14. The number of piperidine rings is 2. The molecular formula is C49H57F2N9S. The van der Waals surface area contributed by atoms with Gasteiger partial charge in [-0.1, -0.05) is 57.5 Å². The van der Waals surface area contributed by atoms with Crippen molar-refractivity contribution in [1.29, 1.82) is 0 Å². The van der Waals surface area contributed by atoms with Crippen LogP contribution in [0.2, 0.25) is 0 Å². The monoisotopic (exact) mass is 841 g/mol. The van der Waals surface area contributed by atoms with Crippen LogP contribution in [0.3, 0.4) is 0 Å². The first-order valence-corrected chi connectivity index (χ1v) is 22.1. The van der Waals surface area contributed by atoms with E-state index in [2.05, 4.69) is 115 Å². The minimum absolute atomic E-state index is 0.164. The molecule has 2 aromatic heterocycles. The molecule has 4 N–H and O–H groups in total. The zero-order chi connectivity index (χ0) is 42.6. The second-order valence-electron chi connectivity index (χ2n) is 16.5. The third kappa shape index (κ3) is 9.51. The largest absolute Gasteiger partial charge is 0.377 e. The number of benzene rings is 3. The van der Waals surface area contributed by atoms with Crippen molar-refractivity contribution >= 4 is 45.8 Å². The lowest BCUT2D eigenvalue weighted by atomic mass is 9.89. The molecule has 5 aromatic rings. The van der Waals surface area contributed by atoms with E-state index in [1.54, 1.807) is 6.20 Å². The SMILES string of the molecule is C=C1CCC(Nc2ccc(C3CCN(CC(=C)N4CCN(c5ccc(-c6cnc7[nH]cc(C(=C)c8c(F)ccc(NSN(C)CC)c8F)c7c6)cc5)CC4)CC3)cc2)C(=C)N1. The molecule has 0 spiro atoms. The van der Waals surface area contributed by atoms with Gasteiger partial charge in [-0.2, -0.15) is 0 Å². The predicted molar refractivity (Wildman–Crippen MR) is 251 cm³/mol. The van der Waals surface area contributed by atoms with Crippen LogP contribution in [0, 0.1) is 11.6 Å². The molecule has 61 heavy (non-hydrogen) atoms. The molecule has 9 nitrogen and oxygen atoms in total. The maximum atomic E-state index is 15.7. The van der Waals surface area contributed by atoms with Crippen LogP contribution >= 0.6 is 12.1 Å². The lowest BCUT2D eigenvalue weighted by Gasteiger charge is -2.40. The van der Waals surface area contributed by atoms with E-state index in [0.717, 1.165) is 112 Å². The summed E-state index contributed by atoms with van der Waals surface area (Å²) in [7, 11) is 1.89. The predicted octanol–water partition coefficient (Wildman–Crippen LogP) is 10.2. The van der Waals surface area contributed by atoms with Crippen molar-refractivity contribution in [3.8, 4) is 11.1 Å². The van der Waals surface area contributed by atoms with Crippen molar-refractivity contribution in [3.63, 3.8) is 0 Å². The van der Waals surface area contributed by atoms with Crippen LogP contribution in [-0.2, 0) is 0 Å². The molecule has 0 amide bonds. The van der Waals surface area contributed by atoms with Gasteiger partial charge in [-0.25, -0.2) is 18.1 Å². The van der Waals surface area contributed by atoms with Crippen LogP contribution < -0.4 is 20.3 Å². The third-order valence-corrected chi connectivity index (χ3v) is 13.4. The number of likely N-dealkylation sites (tertiary alicyclic amines) is 1. The maximum absolute atomic E-state index is 15.7. The Bertz CT molecular complexity index is 2390. The van der Waals surface area contributed by atoms with Gasteiger partial charge in [0.1, 0.15) is 11.5 Å². The number of anilines is 3. The van der Waals surface area contributed by atoms with E-state index >= 15 is 8.78 Å². The average Bonchev–Trinajstić information content (AvgIpc) is 3.71. The van der Waals surface area contributed by atoms with E-state index in [9.17, 15) is 0 Å². The number of nitrogens with one attached hydrogen (secondary N) is 4. The average molecular weight is 842 g/mol. The Morgan fingerprint density at radius 1 is 0.918 bits per heavy atom. The van der Waals surface area contributed by atoms with Gasteiger partial charge in [-0.15, -0.1) is 0 Å². The van der Waals surface area contributed by atoms with E-state index < -0.39 is 11.6 Å². The number of piperazine rings is 1. The van der Waals surface area contributed by atoms with Gasteiger partial charge in [0.15, 0.2) is 5.82 Å². The summed E-state index contributed by atoms with van der Waals surface area (Å²) in [6.07, 6.45) is 7.82. The van der Waals surface area contributed by atoms with Gasteiger partial charge in [-0.05, 0) is 111 Å². The summed E-state index contributed by atoms with van der Waals surface area (Å²) in [5, 5.41) is 7.67. The van der Waals surface area contributed by atoms with Crippen LogP contribution in [0.1, 0.15) is 55.2 Å². The van der Waals surface area contributed by atoms with E-state index in [-0.39, 0.29) is 22.9 Å². The number of allylic oxidation sites excluding steroid dienone is 1. The first-order valence-electron chi connectivity index (χ1n) is 21.3. The fraction of sp³-hybridized carbons (Fsp3) is 0.327. The number of hydrogen-bond donors (Lipinski definition) is 4. The Kier molecular flexibility index (Phi) is 12.8. The molecule has 3 aliphatic heterocycles. The van der Waals surface area contributed by atoms with Crippen molar-refractivity contribution < 1.29 is 8.78 Å². The number of halogens is 2. The Balaban J connectivity index is 0.823. The number of hydrogen-bond acceptors (Lipinski definition) is 9. The Labute approximate surface area is 363 Å². The van der Waals surface area contributed by atoms with E-state index in [0.29, 0.717) is 17.1 Å². The van der Waals surface area contributed by atoms with Crippen LogP contribution in [0.15, 0.2) is 123 Å². The Morgan fingerprint density at radius 3 is 2.36 bits per heavy atom. The summed E-state index contributed by atoms with van der Waals surface area (Å²) in [5.74, 6) is -0.772. The van der Waals surface area contributed by atoms with Crippen molar-refractivity contribution in [3.05, 3.63) is 151 Å². The highest BCUT2D eigenvalue weighted by Gasteiger charge is 2.25. The van der Waals surface area contributed by atoms with E-state index in [4.69, 9.17) is 0 Å². The van der Waals surface area contributed by atoms with Gasteiger partial charge in [0.2, 0.25) is 0 Å². The highest BCUT2D eigenvalue weighted by molar-refractivity contribution is 7.98. The first kappa shape index (κ1) is 42.1. The van der Waals surface area contributed by atoms with Crippen LogP contribution in [-0.4, -0.2) is 89.5 Å². The standard InChI is InChI=1S/C49H57F2N9S/c1-7-57(6)61-56-46-19-17-44(50)47(48(46)51)34(4)43-30-53-49-42(43)28-39(29-52-49)37-11-15-41(16-12-37)60-26-24-59(25-27-60)33(3)31-58-22-20-38(21-23-58)36-9-13-40(14-10-36)55-45-18-8-32(2)54-35(45)5/h9-17,19,28-30,38,45,54-56H,2-5,7-8,18,20-27,31H2,1,6H3,(H,52,53). The molecule has 3 fully saturated rings. The van der Waals surface area contributed by atoms with Gasteiger partial charge in [0.05, 0.1) is 17.3 Å². The van der Waals surface area contributed by atoms with Gasteiger partial charge >= 0.3 is 0 Å². The number of fused-ring (bicyclic) bond motifs is 1. The molecule has 0 aliphatic carbocycles. The molecule has 5 heterocycles. The smallest absolute Gasteiger partial charge is 0.157 e. The first-order chi connectivity index (χ1) is 29.5. The molecule has 8 rings (SSSR count). The van der Waals surface area contributed by atoms with Gasteiger partial charge in [0.25, 0.3) is 0 Å². The number of aromatic amines is 1. The zero-order valence-corrected chi connectivity index (χ0v) is 36.2. The summed E-state index contributed by atoms with van der Waals surface area (Å²) in [6, 6.07) is 22.5. The highest BCUT2D eigenvalue weighted by atomic mass is 32.2. The molecule has 318 valence electrons. The molecule has 3 aliphatic rings. The number of aromatic nitrogens is 2. The lowest BCUT2D eigenvalue weighted by Crippen LogP contribution is -2.47. The fourth-order valence-electron chi connectivity index (χ4n) is 8.65. The molecule has 0 radical (unpaired) electrons. The van der Waals surface area contributed by atoms with Crippen LogP contribution in [0.25, 0.3) is 27.7 Å². The quantitative estimate of drug-likeness (QED) is 0.0818. The van der Waals surface area contributed by atoms with Crippen molar-refractivity contribution in [2.45, 2.75) is 44.6 Å². The summed E-state index contributed by atoms with van der Waals surface area (Å²) < 4.78 is 35.8. The third-order valence-electron chi connectivity index (χ3n) is 12.5. The maximum Gasteiger partial charge on any atom is 0.157 e. The molecule has 1 unspecified atom stereocenters. The Hall–Kier alpha value is -5.56. The van der Waals surface area contributed by atoms with E-state index in [1.165, 1.54) is 41.2 Å². The number of H-pyrrole nitrogens is 1. The molecular weight excluding hydrogens is 785 g/mol. The molecule has 0 bridgehead atoms. The topological polar surface area (TPSA) is 77.7 Å². The van der Waals surface area contributed by atoms with Crippen molar-refractivity contribution in [1.82, 2.24) is 29.4 Å². The lowest BCUT2D eigenvalue weighted by molar-refractivity contribution is 0.201. The summed E-state index contributed by atoms with van der Waals surface area (Å²) in [6.45, 7) is 26.4. The minimum Gasteiger partial charge on any atom is -0.377 e. The van der Waals surface area contributed by atoms with Gasteiger partial charge in [-0.3, -0.25) is 4.90 Å². The second-order valence-corrected chi connectivity index (χ2v) is 17.5. The molecule has 12 heteroatoms. The fourth-order valence-corrected chi connectivity index (χ4v) is 9.20. The molecule has 3 aromatic carbocycles. The van der Waals surface area contributed by atoms with Crippen LogP contribution in [0.5, 0.6) is 0 Å². The second kappa shape index (κ2) is 18.6. The summed E-state index contributed by atoms with van der Waals surface area (Å²) in [5.41, 5.74) is 10.4. The normalized spacial score (nSPS) is 17.8. The number of nitrogens with zero attached hydrogens (tertiary/aromatic N) is 5. The van der Waals surface area contributed by atoms with Crippen molar-refractivity contribution in [2.24, 2.45) is 0 Å². The van der Waals surface area contributed by atoms with E-state index in [1.807, 2.05) is 30.5 Å².